The molecule has 3 rings (SSSR count). The number of nitrogens with two attached hydrogens (primary N) is 1. The Balaban J connectivity index is 1.86. The summed E-state index contributed by atoms with van der Waals surface area (Å²) in [4.78, 5) is 18.4. The maximum absolute atomic E-state index is 10.7. The van der Waals surface area contributed by atoms with Crippen molar-refractivity contribution in [2.75, 3.05) is 6.61 Å². The fourth-order valence-corrected chi connectivity index (χ4v) is 2.39. The van der Waals surface area contributed by atoms with Gasteiger partial charge in [-0.05, 0) is 48.4 Å². The number of aromatic amines is 1. The lowest BCUT2D eigenvalue weighted by Crippen LogP contribution is -2.19. The van der Waals surface area contributed by atoms with Gasteiger partial charge in [0.15, 0.2) is 6.61 Å². The molecule has 0 spiro atoms. The van der Waals surface area contributed by atoms with Crippen LogP contribution in [0.2, 0.25) is 0 Å². The summed E-state index contributed by atoms with van der Waals surface area (Å²) >= 11 is 0. The molecule has 1 aromatic heterocycles. The number of hydrogen-bond donors (Lipinski definition) is 2. The fourth-order valence-electron chi connectivity index (χ4n) is 2.39. The van der Waals surface area contributed by atoms with Gasteiger partial charge in [0.1, 0.15) is 17.6 Å². The Morgan fingerprint density at radius 1 is 1.32 bits per heavy atom. The van der Waals surface area contributed by atoms with Crippen LogP contribution < -0.4 is 10.5 Å². The van der Waals surface area contributed by atoms with E-state index in [0.717, 1.165) is 22.2 Å². The van der Waals surface area contributed by atoms with Gasteiger partial charge >= 0.3 is 0 Å². The number of nitrogens with zero attached hydrogens (tertiary/aromatic N) is 2. The Labute approximate surface area is 144 Å². The fraction of sp³-hybridized carbons (Fsp3) is 0.105. The first-order valence-corrected chi connectivity index (χ1v) is 7.65. The van der Waals surface area contributed by atoms with E-state index in [4.69, 9.17) is 10.5 Å². The summed E-state index contributed by atoms with van der Waals surface area (Å²) in [5.41, 5.74) is 9.12. The summed E-state index contributed by atoms with van der Waals surface area (Å²) in [5, 5.41) is 9.47. The van der Waals surface area contributed by atoms with Crippen molar-refractivity contribution in [3.63, 3.8) is 0 Å². The van der Waals surface area contributed by atoms with Gasteiger partial charge in [-0.1, -0.05) is 18.2 Å². The van der Waals surface area contributed by atoms with Crippen LogP contribution in [0, 0.1) is 18.3 Å². The minimum Gasteiger partial charge on any atom is -0.484 e. The summed E-state index contributed by atoms with van der Waals surface area (Å²) in [6.45, 7) is 1.83. The lowest BCUT2D eigenvalue weighted by atomic mass is 10.1. The molecule has 3 aromatic rings. The van der Waals surface area contributed by atoms with E-state index in [1.54, 1.807) is 30.3 Å². The Kier molecular flexibility index (Phi) is 4.48. The second kappa shape index (κ2) is 6.89. The van der Waals surface area contributed by atoms with Gasteiger partial charge in [0, 0.05) is 0 Å². The van der Waals surface area contributed by atoms with Crippen molar-refractivity contribution in [2.45, 2.75) is 6.92 Å². The lowest BCUT2D eigenvalue weighted by molar-refractivity contribution is -0.119. The number of nitriles is 1. The predicted octanol–water partition coefficient (Wildman–Crippen LogP) is 2.80. The van der Waals surface area contributed by atoms with Crippen molar-refractivity contribution in [2.24, 2.45) is 5.73 Å². The van der Waals surface area contributed by atoms with E-state index in [9.17, 15) is 10.1 Å². The molecule has 0 saturated heterocycles. The molecule has 1 heterocycles. The predicted molar refractivity (Wildman–Crippen MR) is 95.4 cm³/mol. The normalized spacial score (nSPS) is 11.3. The van der Waals surface area contributed by atoms with E-state index in [2.05, 4.69) is 16.0 Å². The zero-order valence-corrected chi connectivity index (χ0v) is 13.6. The molecular formula is C19H16N4O2. The number of carbonyl (C=O) groups excluding carboxylic acids is 1. The zero-order chi connectivity index (χ0) is 17.8. The SMILES string of the molecule is Cc1ccc2nc(/C(C#N)=C/c3ccc(OCC(N)=O)cc3)[nH]c2c1. The van der Waals surface area contributed by atoms with Crippen LogP contribution in [0.4, 0.5) is 0 Å². The molecule has 0 fully saturated rings. The number of ether oxygens (including phenoxy) is 1. The number of aromatic nitrogens is 2. The molecule has 3 N–H and O–H groups in total. The number of primary amides is 1. The summed E-state index contributed by atoms with van der Waals surface area (Å²) in [7, 11) is 0. The number of H-pyrrole nitrogens is 1. The first-order chi connectivity index (χ1) is 12.0. The molecular weight excluding hydrogens is 316 g/mol. The van der Waals surface area contributed by atoms with Crippen LogP contribution in [-0.2, 0) is 4.79 Å². The third-order valence-corrected chi connectivity index (χ3v) is 3.59. The van der Waals surface area contributed by atoms with E-state index in [0.29, 0.717) is 17.1 Å². The second-order valence-electron chi connectivity index (χ2n) is 5.60. The summed E-state index contributed by atoms with van der Waals surface area (Å²) in [6, 6.07) is 15.1. The van der Waals surface area contributed by atoms with Gasteiger partial charge in [-0.25, -0.2) is 4.98 Å². The molecule has 0 radical (unpaired) electrons. The number of rotatable bonds is 5. The van der Waals surface area contributed by atoms with Gasteiger partial charge in [-0.15, -0.1) is 0 Å². The average Bonchev–Trinajstić information content (AvgIpc) is 3.01. The number of nitrogens with one attached hydrogen (secondary N) is 1. The monoisotopic (exact) mass is 332 g/mol. The van der Waals surface area contributed by atoms with Gasteiger partial charge in [0.25, 0.3) is 5.91 Å². The minimum atomic E-state index is -0.532. The van der Waals surface area contributed by atoms with Crippen LogP contribution >= 0.6 is 0 Å². The molecule has 6 heteroatoms. The molecule has 0 aliphatic carbocycles. The van der Waals surface area contributed by atoms with Crippen LogP contribution in [-0.4, -0.2) is 22.5 Å². The van der Waals surface area contributed by atoms with E-state index >= 15 is 0 Å². The van der Waals surface area contributed by atoms with Crippen LogP contribution in [0.15, 0.2) is 42.5 Å². The molecule has 0 aliphatic rings. The quantitative estimate of drug-likeness (QED) is 0.701. The van der Waals surface area contributed by atoms with Crippen LogP contribution in [0.25, 0.3) is 22.7 Å². The van der Waals surface area contributed by atoms with Crippen molar-refractivity contribution in [3.8, 4) is 11.8 Å². The van der Waals surface area contributed by atoms with E-state index < -0.39 is 5.91 Å². The van der Waals surface area contributed by atoms with Crippen molar-refractivity contribution >= 4 is 28.6 Å². The Hall–Kier alpha value is -3.59. The number of fused-ring (bicyclic) bond motifs is 1. The van der Waals surface area contributed by atoms with E-state index in [1.165, 1.54) is 0 Å². The molecule has 0 aliphatic heterocycles. The number of carbonyl (C=O) groups is 1. The zero-order valence-electron chi connectivity index (χ0n) is 13.6. The van der Waals surface area contributed by atoms with Crippen molar-refractivity contribution in [1.82, 2.24) is 9.97 Å². The highest BCUT2D eigenvalue weighted by molar-refractivity contribution is 5.90. The van der Waals surface area contributed by atoms with Gasteiger partial charge in [-0.2, -0.15) is 5.26 Å². The number of hydrogen-bond acceptors (Lipinski definition) is 4. The Morgan fingerprint density at radius 3 is 2.76 bits per heavy atom. The Morgan fingerprint density at radius 2 is 2.08 bits per heavy atom. The largest absolute Gasteiger partial charge is 0.484 e. The highest BCUT2D eigenvalue weighted by Crippen LogP contribution is 2.21. The van der Waals surface area contributed by atoms with E-state index in [1.807, 2.05) is 25.1 Å². The maximum Gasteiger partial charge on any atom is 0.255 e. The van der Waals surface area contributed by atoms with Gasteiger partial charge < -0.3 is 15.5 Å². The lowest BCUT2D eigenvalue weighted by Gasteiger charge is -2.03. The second-order valence-corrected chi connectivity index (χ2v) is 5.60. The number of benzene rings is 2. The first kappa shape index (κ1) is 16.3. The molecule has 6 nitrogen and oxygen atoms in total. The van der Waals surface area contributed by atoms with Gasteiger partial charge in [-0.3, -0.25) is 4.79 Å². The summed E-state index contributed by atoms with van der Waals surface area (Å²) < 4.78 is 5.21. The smallest absolute Gasteiger partial charge is 0.255 e. The maximum atomic E-state index is 10.7. The third kappa shape index (κ3) is 3.85. The number of amides is 1. The van der Waals surface area contributed by atoms with Crippen molar-refractivity contribution in [1.29, 1.82) is 5.26 Å². The van der Waals surface area contributed by atoms with Crippen molar-refractivity contribution < 1.29 is 9.53 Å². The average molecular weight is 332 g/mol. The third-order valence-electron chi connectivity index (χ3n) is 3.59. The topological polar surface area (TPSA) is 105 Å². The number of allylic oxidation sites excluding steroid dienone is 1. The van der Waals surface area contributed by atoms with Gasteiger partial charge in [0.2, 0.25) is 0 Å². The van der Waals surface area contributed by atoms with Crippen LogP contribution in [0.5, 0.6) is 5.75 Å². The minimum absolute atomic E-state index is 0.170. The molecule has 2 aromatic carbocycles. The van der Waals surface area contributed by atoms with Crippen LogP contribution in [0.1, 0.15) is 17.0 Å². The molecule has 0 unspecified atom stereocenters. The van der Waals surface area contributed by atoms with Gasteiger partial charge in [0.05, 0.1) is 16.6 Å². The highest BCUT2D eigenvalue weighted by atomic mass is 16.5. The summed E-state index contributed by atoms with van der Waals surface area (Å²) in [5.74, 6) is 0.529. The van der Waals surface area contributed by atoms with Crippen molar-refractivity contribution in [3.05, 3.63) is 59.4 Å². The molecule has 0 saturated carbocycles. The molecule has 0 atom stereocenters. The standard InChI is InChI=1S/C19H16N4O2/c1-12-2-7-16-17(8-12)23-19(22-16)14(10-20)9-13-3-5-15(6-4-13)25-11-18(21)24/h2-9H,11H2,1H3,(H2,21,24)(H,22,23)/b14-9+. The van der Waals surface area contributed by atoms with E-state index in [-0.39, 0.29) is 6.61 Å². The number of aryl methyl sites for hydroxylation is 1. The highest BCUT2D eigenvalue weighted by Gasteiger charge is 2.08. The number of imidazole rings is 1. The molecule has 1 amide bonds. The first-order valence-electron chi connectivity index (χ1n) is 7.65. The molecule has 0 bridgehead atoms. The molecule has 25 heavy (non-hydrogen) atoms. The molecule has 124 valence electrons. The summed E-state index contributed by atoms with van der Waals surface area (Å²) in [6.07, 6.45) is 1.74. The Bertz CT molecular complexity index is 994. The van der Waals surface area contributed by atoms with Crippen LogP contribution in [0.3, 0.4) is 0 Å².